The van der Waals surface area contributed by atoms with Crippen molar-refractivity contribution in [2.45, 2.75) is 39.8 Å². The van der Waals surface area contributed by atoms with Crippen molar-refractivity contribution in [2.24, 2.45) is 5.92 Å². The second kappa shape index (κ2) is 5.53. The van der Waals surface area contributed by atoms with Crippen LogP contribution in [-0.4, -0.2) is 6.04 Å². The van der Waals surface area contributed by atoms with Crippen LogP contribution in [0.4, 0.5) is 0 Å². The molecule has 2 aromatic carbocycles. The summed E-state index contributed by atoms with van der Waals surface area (Å²) >= 11 is 0. The molecule has 2 rings (SSSR count). The fraction of sp³-hybridized carbons (Fsp3) is 0.412. The monoisotopic (exact) mass is 241 g/mol. The highest BCUT2D eigenvalue weighted by molar-refractivity contribution is 5.86. The lowest BCUT2D eigenvalue weighted by molar-refractivity contribution is 0.390. The molecule has 2 aromatic rings. The highest BCUT2D eigenvalue weighted by Gasteiger charge is 2.13. The lowest BCUT2D eigenvalue weighted by atomic mass is 9.98. The highest BCUT2D eigenvalue weighted by Crippen LogP contribution is 2.24. The SMILES string of the molecule is CC(NC(C)C(C)C)c1cccc2ccccc12. The minimum atomic E-state index is 0.383. The summed E-state index contributed by atoms with van der Waals surface area (Å²) in [6.07, 6.45) is 0. The molecule has 0 amide bonds. The fourth-order valence-electron chi connectivity index (χ4n) is 2.30. The van der Waals surface area contributed by atoms with Crippen molar-refractivity contribution in [3.05, 3.63) is 48.0 Å². The van der Waals surface area contributed by atoms with E-state index in [4.69, 9.17) is 0 Å². The van der Waals surface area contributed by atoms with Gasteiger partial charge in [0.15, 0.2) is 0 Å². The molecule has 1 nitrogen and oxygen atoms in total. The van der Waals surface area contributed by atoms with Gasteiger partial charge in [-0.15, -0.1) is 0 Å². The zero-order chi connectivity index (χ0) is 13.1. The molecule has 0 aliphatic carbocycles. The van der Waals surface area contributed by atoms with E-state index < -0.39 is 0 Å². The molecule has 1 heteroatoms. The zero-order valence-corrected chi connectivity index (χ0v) is 11.8. The lowest BCUT2D eigenvalue weighted by Gasteiger charge is -2.24. The molecule has 0 fully saturated rings. The van der Waals surface area contributed by atoms with Gasteiger partial charge in [0.05, 0.1) is 0 Å². The Morgan fingerprint density at radius 3 is 2.22 bits per heavy atom. The molecule has 1 N–H and O–H groups in total. The standard InChI is InChI=1S/C17H23N/c1-12(2)13(3)18-14(4)16-11-7-9-15-8-5-6-10-17(15)16/h5-14,18H,1-4H3. The van der Waals surface area contributed by atoms with Crippen molar-refractivity contribution >= 4 is 10.8 Å². The predicted molar refractivity (Wildman–Crippen MR) is 79.8 cm³/mol. The molecule has 0 saturated carbocycles. The van der Waals surface area contributed by atoms with Crippen molar-refractivity contribution in [3.8, 4) is 0 Å². The molecule has 0 bridgehead atoms. The number of hydrogen-bond donors (Lipinski definition) is 1. The van der Waals surface area contributed by atoms with Gasteiger partial charge in [-0.3, -0.25) is 0 Å². The van der Waals surface area contributed by atoms with Crippen molar-refractivity contribution < 1.29 is 0 Å². The summed E-state index contributed by atoms with van der Waals surface area (Å²) in [6, 6.07) is 16.1. The van der Waals surface area contributed by atoms with Gasteiger partial charge in [0, 0.05) is 12.1 Å². The maximum absolute atomic E-state index is 3.69. The Balaban J connectivity index is 2.30. The van der Waals surface area contributed by atoms with Crippen LogP contribution in [0.5, 0.6) is 0 Å². The largest absolute Gasteiger partial charge is 0.307 e. The number of hydrogen-bond acceptors (Lipinski definition) is 1. The molecule has 2 unspecified atom stereocenters. The normalized spacial score (nSPS) is 14.9. The van der Waals surface area contributed by atoms with Crippen molar-refractivity contribution in [1.29, 1.82) is 0 Å². The van der Waals surface area contributed by atoms with E-state index >= 15 is 0 Å². The second-order valence-electron chi connectivity index (χ2n) is 5.49. The fourth-order valence-corrected chi connectivity index (χ4v) is 2.30. The van der Waals surface area contributed by atoms with Crippen LogP contribution < -0.4 is 5.32 Å². The van der Waals surface area contributed by atoms with Gasteiger partial charge in [0.1, 0.15) is 0 Å². The van der Waals surface area contributed by atoms with E-state index in [-0.39, 0.29) is 0 Å². The van der Waals surface area contributed by atoms with E-state index in [0.29, 0.717) is 18.0 Å². The molecular formula is C17H23N. The average molecular weight is 241 g/mol. The van der Waals surface area contributed by atoms with Crippen LogP contribution in [0, 0.1) is 5.92 Å². The van der Waals surface area contributed by atoms with Crippen molar-refractivity contribution in [1.82, 2.24) is 5.32 Å². The first kappa shape index (κ1) is 13.1. The topological polar surface area (TPSA) is 12.0 Å². The smallest absolute Gasteiger partial charge is 0.0300 e. The van der Waals surface area contributed by atoms with Crippen LogP contribution in [0.1, 0.15) is 39.3 Å². The zero-order valence-electron chi connectivity index (χ0n) is 11.8. The highest BCUT2D eigenvalue weighted by atomic mass is 14.9. The number of nitrogens with one attached hydrogen (secondary N) is 1. The molecule has 0 radical (unpaired) electrons. The molecule has 0 aliphatic heterocycles. The molecule has 0 heterocycles. The summed E-state index contributed by atoms with van der Waals surface area (Å²) in [6.45, 7) is 9.02. The van der Waals surface area contributed by atoms with Gasteiger partial charge in [-0.1, -0.05) is 56.3 Å². The number of rotatable bonds is 4. The summed E-state index contributed by atoms with van der Waals surface area (Å²) in [5, 5.41) is 6.37. The summed E-state index contributed by atoms with van der Waals surface area (Å²) < 4.78 is 0. The average Bonchev–Trinajstić information content (AvgIpc) is 2.37. The van der Waals surface area contributed by atoms with Gasteiger partial charge < -0.3 is 5.32 Å². The third-order valence-corrected chi connectivity index (χ3v) is 3.80. The molecule has 0 saturated heterocycles. The minimum Gasteiger partial charge on any atom is -0.307 e. The van der Waals surface area contributed by atoms with E-state index in [1.54, 1.807) is 0 Å². The Bertz CT molecular complexity index is 511. The van der Waals surface area contributed by atoms with E-state index in [0.717, 1.165) is 0 Å². The molecule has 96 valence electrons. The van der Waals surface area contributed by atoms with Gasteiger partial charge in [0.2, 0.25) is 0 Å². The maximum Gasteiger partial charge on any atom is 0.0300 e. The van der Waals surface area contributed by atoms with Gasteiger partial charge in [-0.25, -0.2) is 0 Å². The van der Waals surface area contributed by atoms with E-state index in [2.05, 4.69) is 75.5 Å². The van der Waals surface area contributed by atoms with Crippen LogP contribution in [-0.2, 0) is 0 Å². The van der Waals surface area contributed by atoms with E-state index in [9.17, 15) is 0 Å². The third-order valence-electron chi connectivity index (χ3n) is 3.80. The number of fused-ring (bicyclic) bond motifs is 1. The number of benzene rings is 2. The first-order chi connectivity index (χ1) is 8.59. The Morgan fingerprint density at radius 2 is 1.50 bits per heavy atom. The van der Waals surface area contributed by atoms with Crippen LogP contribution in [0.25, 0.3) is 10.8 Å². The Kier molecular flexibility index (Phi) is 4.03. The molecule has 0 aromatic heterocycles. The molecule has 0 spiro atoms. The summed E-state index contributed by atoms with van der Waals surface area (Å²) in [4.78, 5) is 0. The first-order valence-electron chi connectivity index (χ1n) is 6.83. The summed E-state index contributed by atoms with van der Waals surface area (Å²) in [5.41, 5.74) is 1.39. The van der Waals surface area contributed by atoms with Crippen molar-refractivity contribution in [2.75, 3.05) is 0 Å². The summed E-state index contributed by atoms with van der Waals surface area (Å²) in [5.74, 6) is 0.655. The third kappa shape index (κ3) is 2.73. The van der Waals surface area contributed by atoms with Gasteiger partial charge in [0.25, 0.3) is 0 Å². The predicted octanol–water partition coefficient (Wildman–Crippen LogP) is 4.53. The second-order valence-corrected chi connectivity index (χ2v) is 5.49. The Labute approximate surface area is 110 Å². The Morgan fingerprint density at radius 1 is 0.833 bits per heavy atom. The first-order valence-corrected chi connectivity index (χ1v) is 6.83. The van der Waals surface area contributed by atoms with Crippen LogP contribution in [0.3, 0.4) is 0 Å². The molecular weight excluding hydrogens is 218 g/mol. The molecule has 2 atom stereocenters. The lowest BCUT2D eigenvalue weighted by Crippen LogP contribution is -2.33. The van der Waals surface area contributed by atoms with E-state index in [1.807, 2.05) is 0 Å². The minimum absolute atomic E-state index is 0.383. The van der Waals surface area contributed by atoms with Crippen LogP contribution in [0.2, 0.25) is 0 Å². The van der Waals surface area contributed by atoms with E-state index in [1.165, 1.54) is 16.3 Å². The van der Waals surface area contributed by atoms with Gasteiger partial charge in [-0.2, -0.15) is 0 Å². The van der Waals surface area contributed by atoms with Gasteiger partial charge >= 0.3 is 0 Å². The van der Waals surface area contributed by atoms with Crippen LogP contribution in [0.15, 0.2) is 42.5 Å². The van der Waals surface area contributed by atoms with Gasteiger partial charge in [-0.05, 0) is 36.1 Å². The molecule has 18 heavy (non-hydrogen) atoms. The van der Waals surface area contributed by atoms with Crippen LogP contribution >= 0.6 is 0 Å². The Hall–Kier alpha value is -1.34. The van der Waals surface area contributed by atoms with Crippen molar-refractivity contribution in [3.63, 3.8) is 0 Å². The molecule has 0 aliphatic rings. The summed E-state index contributed by atoms with van der Waals surface area (Å²) in [7, 11) is 0. The quantitative estimate of drug-likeness (QED) is 0.829. The maximum atomic E-state index is 3.69.